The van der Waals surface area contributed by atoms with Gasteiger partial charge in [-0.3, -0.25) is 14.5 Å². The van der Waals surface area contributed by atoms with Gasteiger partial charge in [-0.1, -0.05) is 56.6 Å². The molecule has 1 unspecified atom stereocenters. The molecule has 0 radical (unpaired) electrons. The van der Waals surface area contributed by atoms with E-state index >= 15 is 0 Å². The lowest BCUT2D eigenvalue weighted by Gasteiger charge is -2.27. The number of rotatable bonds is 5. The Morgan fingerprint density at radius 1 is 0.946 bits per heavy atom. The standard InChI is InChI=1S/C29H27ClFNO5/c1-29(2,3)18-9-6-16(7-10-18)25-24(26(33)17-8-13-22(36-4)23(14-17)37-5)27(34)28(35)32(25)19-11-12-21(31)20(30)15-19/h6-15,25,33H,1-5H3/b26-24+. The Morgan fingerprint density at radius 2 is 1.59 bits per heavy atom. The minimum atomic E-state index is -0.983. The van der Waals surface area contributed by atoms with Gasteiger partial charge in [0.2, 0.25) is 0 Å². The van der Waals surface area contributed by atoms with Crippen LogP contribution in [0.15, 0.2) is 66.2 Å². The molecule has 0 bridgehead atoms. The molecule has 0 spiro atoms. The van der Waals surface area contributed by atoms with Gasteiger partial charge in [0.25, 0.3) is 11.7 Å². The molecule has 3 aromatic rings. The molecular weight excluding hydrogens is 497 g/mol. The topological polar surface area (TPSA) is 76.1 Å². The number of carbonyl (C=O) groups excluding carboxylic acids is 2. The number of halogens is 2. The number of aliphatic hydroxyl groups excluding tert-OH is 1. The summed E-state index contributed by atoms with van der Waals surface area (Å²) in [5.41, 5.74) is 1.91. The molecule has 1 aliphatic heterocycles. The lowest BCUT2D eigenvalue weighted by molar-refractivity contribution is -0.132. The molecule has 0 aromatic heterocycles. The molecule has 8 heteroatoms. The van der Waals surface area contributed by atoms with Crippen LogP contribution in [0.3, 0.4) is 0 Å². The van der Waals surface area contributed by atoms with Crippen LogP contribution in [0.2, 0.25) is 5.02 Å². The molecule has 0 saturated carbocycles. The molecule has 37 heavy (non-hydrogen) atoms. The zero-order valence-electron chi connectivity index (χ0n) is 21.1. The number of hydrogen-bond donors (Lipinski definition) is 1. The Labute approximate surface area is 219 Å². The Morgan fingerprint density at radius 3 is 2.16 bits per heavy atom. The number of aliphatic hydroxyl groups is 1. The summed E-state index contributed by atoms with van der Waals surface area (Å²) < 4.78 is 24.5. The van der Waals surface area contributed by atoms with Crippen LogP contribution in [-0.2, 0) is 15.0 Å². The van der Waals surface area contributed by atoms with Crippen LogP contribution < -0.4 is 14.4 Å². The van der Waals surface area contributed by atoms with E-state index in [-0.39, 0.29) is 33.0 Å². The van der Waals surface area contributed by atoms with E-state index in [1.807, 2.05) is 24.3 Å². The molecule has 6 nitrogen and oxygen atoms in total. The molecule has 1 aliphatic rings. The quantitative estimate of drug-likeness (QED) is 0.237. The van der Waals surface area contributed by atoms with Crippen LogP contribution in [0.1, 0.15) is 43.5 Å². The molecule has 1 N–H and O–H groups in total. The SMILES string of the molecule is COc1ccc(/C(O)=C2\C(=O)C(=O)N(c3ccc(F)c(Cl)c3)C2c2ccc(C(C)(C)C)cc2)cc1OC. The third-order valence-corrected chi connectivity index (χ3v) is 6.66. The van der Waals surface area contributed by atoms with Crippen molar-refractivity contribution in [3.05, 3.63) is 93.8 Å². The summed E-state index contributed by atoms with van der Waals surface area (Å²) in [6.07, 6.45) is 0. The van der Waals surface area contributed by atoms with Crippen molar-refractivity contribution in [2.75, 3.05) is 19.1 Å². The minimum Gasteiger partial charge on any atom is -0.507 e. The summed E-state index contributed by atoms with van der Waals surface area (Å²) in [7, 11) is 2.94. The maximum Gasteiger partial charge on any atom is 0.300 e. The maximum atomic E-state index is 13.9. The highest BCUT2D eigenvalue weighted by Gasteiger charge is 2.47. The van der Waals surface area contributed by atoms with E-state index in [1.165, 1.54) is 37.3 Å². The van der Waals surface area contributed by atoms with Crippen LogP contribution in [0, 0.1) is 5.82 Å². The molecule has 1 heterocycles. The summed E-state index contributed by atoms with van der Waals surface area (Å²) in [5, 5.41) is 11.2. The van der Waals surface area contributed by atoms with Crippen molar-refractivity contribution in [3.8, 4) is 11.5 Å². The second-order valence-electron chi connectivity index (χ2n) is 9.71. The first-order chi connectivity index (χ1) is 17.5. The van der Waals surface area contributed by atoms with Crippen molar-refractivity contribution in [1.29, 1.82) is 0 Å². The smallest absolute Gasteiger partial charge is 0.300 e. The number of hydrogen-bond acceptors (Lipinski definition) is 5. The monoisotopic (exact) mass is 523 g/mol. The number of methoxy groups -OCH3 is 2. The summed E-state index contributed by atoms with van der Waals surface area (Å²) in [5.74, 6) is -1.99. The third kappa shape index (κ3) is 4.79. The van der Waals surface area contributed by atoms with E-state index in [0.717, 1.165) is 11.6 Å². The van der Waals surface area contributed by atoms with Crippen LogP contribution in [0.25, 0.3) is 5.76 Å². The van der Waals surface area contributed by atoms with Crippen LogP contribution in [0.4, 0.5) is 10.1 Å². The van der Waals surface area contributed by atoms with Gasteiger partial charge in [-0.2, -0.15) is 0 Å². The number of ether oxygens (including phenoxy) is 2. The van der Waals surface area contributed by atoms with E-state index < -0.39 is 23.5 Å². The van der Waals surface area contributed by atoms with Crippen molar-refractivity contribution in [1.82, 2.24) is 0 Å². The molecule has 4 rings (SSSR count). The highest BCUT2D eigenvalue weighted by molar-refractivity contribution is 6.51. The molecule has 192 valence electrons. The lowest BCUT2D eigenvalue weighted by Crippen LogP contribution is -2.29. The molecule has 3 aromatic carbocycles. The first-order valence-corrected chi connectivity index (χ1v) is 11.9. The zero-order valence-corrected chi connectivity index (χ0v) is 21.9. The Balaban J connectivity index is 1.94. The average Bonchev–Trinajstić information content (AvgIpc) is 3.14. The van der Waals surface area contributed by atoms with Gasteiger partial charge in [-0.05, 0) is 52.9 Å². The van der Waals surface area contributed by atoms with E-state index in [4.69, 9.17) is 21.1 Å². The first kappa shape index (κ1) is 26.2. The molecule has 1 saturated heterocycles. The number of amides is 1. The number of anilines is 1. The van der Waals surface area contributed by atoms with Crippen LogP contribution in [-0.4, -0.2) is 31.0 Å². The van der Waals surface area contributed by atoms with Crippen LogP contribution >= 0.6 is 11.6 Å². The Hall–Kier alpha value is -3.84. The zero-order chi connectivity index (χ0) is 27.1. The predicted octanol–water partition coefficient (Wildman–Crippen LogP) is 6.42. The number of benzene rings is 3. The van der Waals surface area contributed by atoms with Crippen molar-refractivity contribution in [3.63, 3.8) is 0 Å². The lowest BCUT2D eigenvalue weighted by atomic mass is 9.85. The van der Waals surface area contributed by atoms with Crippen molar-refractivity contribution < 1.29 is 28.6 Å². The fourth-order valence-electron chi connectivity index (χ4n) is 4.35. The molecule has 1 atom stereocenters. The maximum absolute atomic E-state index is 13.9. The summed E-state index contributed by atoms with van der Waals surface area (Å²) in [6.45, 7) is 6.23. The molecule has 0 aliphatic carbocycles. The highest BCUT2D eigenvalue weighted by atomic mass is 35.5. The molecule has 1 amide bonds. The minimum absolute atomic E-state index is 0.110. The van der Waals surface area contributed by atoms with Crippen molar-refractivity contribution in [2.24, 2.45) is 0 Å². The predicted molar refractivity (Wildman–Crippen MR) is 141 cm³/mol. The van der Waals surface area contributed by atoms with Gasteiger partial charge in [0.1, 0.15) is 11.6 Å². The van der Waals surface area contributed by atoms with Gasteiger partial charge in [0.05, 0.1) is 30.9 Å². The Bertz CT molecular complexity index is 1410. The van der Waals surface area contributed by atoms with Gasteiger partial charge in [0.15, 0.2) is 11.5 Å². The van der Waals surface area contributed by atoms with E-state index in [9.17, 15) is 19.1 Å². The van der Waals surface area contributed by atoms with Crippen LogP contribution in [0.5, 0.6) is 11.5 Å². The number of ketones is 1. The summed E-state index contributed by atoms with van der Waals surface area (Å²) >= 11 is 6.01. The fraction of sp³-hybridized carbons (Fsp3) is 0.241. The Kier molecular flexibility index (Phi) is 7.02. The summed E-state index contributed by atoms with van der Waals surface area (Å²) in [4.78, 5) is 27.9. The van der Waals surface area contributed by atoms with Gasteiger partial charge < -0.3 is 14.6 Å². The molecule has 1 fully saturated rings. The largest absolute Gasteiger partial charge is 0.507 e. The number of nitrogens with zero attached hydrogens (tertiary/aromatic N) is 1. The van der Waals surface area contributed by atoms with Crippen molar-refractivity contribution in [2.45, 2.75) is 32.2 Å². The van der Waals surface area contributed by atoms with E-state index in [0.29, 0.717) is 17.1 Å². The first-order valence-electron chi connectivity index (χ1n) is 11.6. The van der Waals surface area contributed by atoms with E-state index in [1.54, 1.807) is 12.1 Å². The van der Waals surface area contributed by atoms with Gasteiger partial charge in [-0.25, -0.2) is 4.39 Å². The van der Waals surface area contributed by atoms with Crippen molar-refractivity contribution >= 4 is 34.7 Å². The summed E-state index contributed by atoms with van der Waals surface area (Å²) in [6, 6.07) is 15.0. The third-order valence-electron chi connectivity index (χ3n) is 6.38. The fourth-order valence-corrected chi connectivity index (χ4v) is 4.53. The molecular formula is C29H27ClFNO5. The number of Topliss-reactive ketones (excluding diaryl/α,β-unsaturated/α-hetero) is 1. The second kappa shape index (κ2) is 9.90. The average molecular weight is 524 g/mol. The van der Waals surface area contributed by atoms with E-state index in [2.05, 4.69) is 20.8 Å². The van der Waals surface area contributed by atoms with Gasteiger partial charge >= 0.3 is 0 Å². The van der Waals surface area contributed by atoms with Gasteiger partial charge in [-0.15, -0.1) is 0 Å². The highest BCUT2D eigenvalue weighted by Crippen LogP contribution is 2.44. The normalized spacial score (nSPS) is 17.3. The number of carbonyl (C=O) groups is 2. The second-order valence-corrected chi connectivity index (χ2v) is 10.1. The van der Waals surface area contributed by atoms with Gasteiger partial charge in [0, 0.05) is 11.3 Å².